The number of nitrogens with two attached hydrogens (primary N) is 1. The molecule has 1 unspecified atom stereocenters. The molecule has 0 heterocycles. The van der Waals surface area contributed by atoms with Crippen LogP contribution in [0.3, 0.4) is 0 Å². The molecule has 0 fully saturated rings. The number of rotatable bonds is 6. The monoisotopic (exact) mass is 241 g/mol. The zero-order valence-electron chi connectivity index (χ0n) is 10.0. The topological polar surface area (TPSA) is 35.2 Å². The minimum absolute atomic E-state index is 0.231. The quantitative estimate of drug-likeness (QED) is 0.829. The Morgan fingerprint density at radius 1 is 1.44 bits per heavy atom. The van der Waals surface area contributed by atoms with Crippen LogP contribution in [0.25, 0.3) is 0 Å². The van der Waals surface area contributed by atoms with Gasteiger partial charge in [0.2, 0.25) is 0 Å². The highest BCUT2D eigenvalue weighted by atomic mass is 35.5. The molecule has 0 spiro atoms. The molecular formula is C13H20ClNO. The molecule has 0 aliphatic rings. The highest BCUT2D eigenvalue weighted by Gasteiger charge is 2.03. The Morgan fingerprint density at radius 3 is 2.75 bits per heavy atom. The molecule has 0 aliphatic carbocycles. The van der Waals surface area contributed by atoms with Crippen molar-refractivity contribution in [2.45, 2.75) is 39.2 Å². The molecule has 1 aromatic carbocycles. The fraction of sp³-hybridized carbons (Fsp3) is 0.538. The normalized spacial score (nSPS) is 12.5. The summed E-state index contributed by atoms with van der Waals surface area (Å²) >= 11 is 6.12. The average Bonchev–Trinajstić information content (AvgIpc) is 2.25. The summed E-state index contributed by atoms with van der Waals surface area (Å²) in [5.41, 5.74) is 6.93. The van der Waals surface area contributed by atoms with E-state index in [2.05, 4.69) is 13.0 Å². The van der Waals surface area contributed by atoms with Crippen molar-refractivity contribution in [2.24, 2.45) is 5.73 Å². The van der Waals surface area contributed by atoms with Gasteiger partial charge in [-0.2, -0.15) is 0 Å². The Morgan fingerprint density at radius 2 is 2.19 bits per heavy atom. The molecule has 90 valence electrons. The molecule has 0 amide bonds. The first-order valence-corrected chi connectivity index (χ1v) is 6.18. The Kier molecular flexibility index (Phi) is 5.64. The van der Waals surface area contributed by atoms with Gasteiger partial charge in [-0.15, -0.1) is 0 Å². The van der Waals surface area contributed by atoms with E-state index in [0.29, 0.717) is 11.6 Å². The fourth-order valence-electron chi connectivity index (χ4n) is 1.42. The number of benzene rings is 1. The highest BCUT2D eigenvalue weighted by Crippen LogP contribution is 2.26. The first kappa shape index (κ1) is 13.3. The van der Waals surface area contributed by atoms with Crippen LogP contribution >= 0.6 is 11.6 Å². The molecule has 2 nitrogen and oxygen atoms in total. The summed E-state index contributed by atoms with van der Waals surface area (Å²) in [4.78, 5) is 0. The lowest BCUT2D eigenvalue weighted by Crippen LogP contribution is -2.15. The van der Waals surface area contributed by atoms with Gasteiger partial charge >= 0.3 is 0 Å². The van der Waals surface area contributed by atoms with Crippen molar-refractivity contribution in [3.63, 3.8) is 0 Å². The summed E-state index contributed by atoms with van der Waals surface area (Å²) in [6.07, 6.45) is 2.93. The van der Waals surface area contributed by atoms with E-state index in [0.717, 1.165) is 25.0 Å². The molecule has 0 aliphatic heterocycles. The van der Waals surface area contributed by atoms with E-state index >= 15 is 0 Å². The first-order valence-electron chi connectivity index (χ1n) is 5.80. The molecule has 3 heteroatoms. The summed E-state index contributed by atoms with van der Waals surface area (Å²) < 4.78 is 5.51. The van der Waals surface area contributed by atoms with Gasteiger partial charge in [0.1, 0.15) is 5.75 Å². The van der Waals surface area contributed by atoms with Gasteiger partial charge in [-0.1, -0.05) is 24.6 Å². The molecule has 0 saturated carbocycles. The molecule has 16 heavy (non-hydrogen) atoms. The minimum Gasteiger partial charge on any atom is -0.492 e. The Labute approximate surface area is 103 Å². The number of halogens is 1. The van der Waals surface area contributed by atoms with Gasteiger partial charge in [0.25, 0.3) is 0 Å². The highest BCUT2D eigenvalue weighted by molar-refractivity contribution is 6.32. The third-order valence-electron chi connectivity index (χ3n) is 2.35. The van der Waals surface area contributed by atoms with Crippen LogP contribution in [0.1, 0.15) is 32.3 Å². The van der Waals surface area contributed by atoms with Crippen molar-refractivity contribution in [3.05, 3.63) is 28.8 Å². The van der Waals surface area contributed by atoms with Gasteiger partial charge in [-0.05, 0) is 43.9 Å². The smallest absolute Gasteiger partial charge is 0.137 e. The second kappa shape index (κ2) is 6.77. The first-order chi connectivity index (χ1) is 7.63. The second-order valence-electron chi connectivity index (χ2n) is 4.13. The van der Waals surface area contributed by atoms with Crippen LogP contribution < -0.4 is 10.5 Å². The molecular weight excluding hydrogens is 222 g/mol. The Hall–Kier alpha value is -0.730. The van der Waals surface area contributed by atoms with Crippen LogP contribution in [-0.4, -0.2) is 12.6 Å². The molecule has 1 atom stereocenters. The molecule has 0 radical (unpaired) electrons. The third kappa shape index (κ3) is 4.42. The maximum atomic E-state index is 6.12. The van der Waals surface area contributed by atoms with E-state index in [1.807, 2.05) is 19.1 Å². The van der Waals surface area contributed by atoms with Crippen molar-refractivity contribution in [1.29, 1.82) is 0 Å². The predicted octanol–water partition coefficient (Wildman–Crippen LogP) is 3.41. The lowest BCUT2D eigenvalue weighted by molar-refractivity contribution is 0.317. The van der Waals surface area contributed by atoms with Crippen LogP contribution in [0, 0.1) is 0 Å². The summed E-state index contributed by atoms with van der Waals surface area (Å²) in [7, 11) is 0. The average molecular weight is 242 g/mol. The van der Waals surface area contributed by atoms with E-state index in [1.165, 1.54) is 5.56 Å². The summed E-state index contributed by atoms with van der Waals surface area (Å²) in [6.45, 7) is 4.80. The summed E-state index contributed by atoms with van der Waals surface area (Å²) in [6, 6.07) is 6.19. The largest absolute Gasteiger partial charge is 0.492 e. The summed E-state index contributed by atoms with van der Waals surface area (Å²) in [5.74, 6) is 0.771. The molecule has 0 aromatic heterocycles. The lowest BCUT2D eigenvalue weighted by atomic mass is 10.1. The van der Waals surface area contributed by atoms with Crippen LogP contribution in [0.5, 0.6) is 5.75 Å². The predicted molar refractivity (Wildman–Crippen MR) is 69.2 cm³/mol. The van der Waals surface area contributed by atoms with Gasteiger partial charge in [0.15, 0.2) is 0 Å². The van der Waals surface area contributed by atoms with Crippen molar-refractivity contribution in [3.8, 4) is 5.75 Å². The van der Waals surface area contributed by atoms with Crippen molar-refractivity contribution in [1.82, 2.24) is 0 Å². The van der Waals surface area contributed by atoms with Gasteiger partial charge < -0.3 is 10.5 Å². The zero-order valence-corrected chi connectivity index (χ0v) is 10.8. The maximum absolute atomic E-state index is 6.12. The number of ether oxygens (including phenoxy) is 1. The maximum Gasteiger partial charge on any atom is 0.137 e. The molecule has 1 rings (SSSR count). The SMILES string of the molecule is CCCOc1ccc(CCC(C)N)cc1Cl. The fourth-order valence-corrected chi connectivity index (χ4v) is 1.68. The molecule has 0 bridgehead atoms. The molecule has 1 aromatic rings. The van der Waals surface area contributed by atoms with Crippen LogP contribution in [0.15, 0.2) is 18.2 Å². The standard InChI is InChI=1S/C13H20ClNO/c1-3-8-16-13-7-6-11(9-12(13)14)5-4-10(2)15/h6-7,9-10H,3-5,8,15H2,1-2H3. The van der Waals surface area contributed by atoms with Gasteiger partial charge in [-0.3, -0.25) is 0 Å². The number of hydrogen-bond donors (Lipinski definition) is 1. The Bertz CT molecular complexity index is 326. The van der Waals surface area contributed by atoms with E-state index < -0.39 is 0 Å². The van der Waals surface area contributed by atoms with E-state index in [1.54, 1.807) is 0 Å². The van der Waals surface area contributed by atoms with E-state index in [4.69, 9.17) is 22.1 Å². The van der Waals surface area contributed by atoms with Crippen molar-refractivity contribution in [2.75, 3.05) is 6.61 Å². The number of hydrogen-bond acceptors (Lipinski definition) is 2. The van der Waals surface area contributed by atoms with Crippen LogP contribution in [0.2, 0.25) is 5.02 Å². The Balaban J connectivity index is 2.59. The van der Waals surface area contributed by atoms with Crippen LogP contribution in [-0.2, 0) is 6.42 Å². The van der Waals surface area contributed by atoms with E-state index in [-0.39, 0.29) is 6.04 Å². The van der Waals surface area contributed by atoms with Crippen molar-refractivity contribution >= 4 is 11.6 Å². The van der Waals surface area contributed by atoms with Crippen molar-refractivity contribution < 1.29 is 4.74 Å². The van der Waals surface area contributed by atoms with Crippen LogP contribution in [0.4, 0.5) is 0 Å². The molecule has 2 N–H and O–H groups in total. The van der Waals surface area contributed by atoms with Gasteiger partial charge in [0.05, 0.1) is 11.6 Å². The van der Waals surface area contributed by atoms with Gasteiger partial charge in [0, 0.05) is 6.04 Å². The van der Waals surface area contributed by atoms with E-state index in [9.17, 15) is 0 Å². The number of aryl methyl sites for hydroxylation is 1. The van der Waals surface area contributed by atoms with Gasteiger partial charge in [-0.25, -0.2) is 0 Å². The third-order valence-corrected chi connectivity index (χ3v) is 2.64. The lowest BCUT2D eigenvalue weighted by Gasteiger charge is -2.09. The second-order valence-corrected chi connectivity index (χ2v) is 4.54. The zero-order chi connectivity index (χ0) is 12.0. The summed E-state index contributed by atoms with van der Waals surface area (Å²) in [5, 5.41) is 0.690. The molecule has 0 saturated heterocycles. The minimum atomic E-state index is 0.231.